The largest absolute Gasteiger partial charge is 0.561 e. The van der Waals surface area contributed by atoms with Crippen molar-refractivity contribution in [2.45, 2.75) is 6.92 Å². The molecule has 0 amide bonds. The van der Waals surface area contributed by atoms with E-state index >= 15 is 0 Å². The van der Waals surface area contributed by atoms with Crippen LogP contribution < -0.4 is 0 Å². The minimum absolute atomic E-state index is 0.00296. The van der Waals surface area contributed by atoms with E-state index in [1.165, 1.54) is 19.1 Å². The highest BCUT2D eigenvalue weighted by Crippen LogP contribution is 2.09. The fourth-order valence-electron chi connectivity index (χ4n) is 1.68. The highest BCUT2D eigenvalue weighted by atomic mass is 16.7. The van der Waals surface area contributed by atoms with Crippen LogP contribution in [0, 0.1) is 10.4 Å². The van der Waals surface area contributed by atoms with Crippen molar-refractivity contribution in [3.05, 3.63) is 46.3 Å². The predicted octanol–water partition coefficient (Wildman–Crippen LogP) is -0.00190. The van der Waals surface area contributed by atoms with Crippen molar-refractivity contribution in [1.29, 1.82) is 0 Å². The average Bonchev–Trinajstić information content (AvgIpc) is 2.62. The molecule has 0 atom stereocenters. The third-order valence-corrected chi connectivity index (χ3v) is 2.49. The zero-order chi connectivity index (χ0) is 14.0. The summed E-state index contributed by atoms with van der Waals surface area (Å²) in [4.78, 5) is 23.0. The van der Waals surface area contributed by atoms with Crippen molar-refractivity contribution in [1.82, 2.24) is 0 Å². The maximum Gasteiger partial charge on any atom is 0.425 e. The number of hydrazine groups is 1. The number of Topliss-reactive ketones (excluding diaryl/α,β-unsaturated/α-hetero) is 1. The smallest absolute Gasteiger partial charge is 0.425 e. The summed E-state index contributed by atoms with van der Waals surface area (Å²) in [7, 11) is 0. The van der Waals surface area contributed by atoms with Crippen molar-refractivity contribution in [3.63, 3.8) is 0 Å². The molecule has 1 aliphatic rings. The van der Waals surface area contributed by atoms with Gasteiger partial charge in [-0.1, -0.05) is 18.2 Å². The molecule has 1 aliphatic heterocycles. The molecule has 1 aromatic carbocycles. The molecule has 7 nitrogen and oxygen atoms in total. The summed E-state index contributed by atoms with van der Waals surface area (Å²) >= 11 is 0. The molecule has 0 fully saturated rings. The van der Waals surface area contributed by atoms with Crippen molar-refractivity contribution in [2.75, 3.05) is 6.61 Å². The number of esters is 1. The third-order valence-electron chi connectivity index (χ3n) is 2.49. The van der Waals surface area contributed by atoms with E-state index in [2.05, 4.69) is 4.74 Å². The van der Waals surface area contributed by atoms with E-state index in [-0.39, 0.29) is 21.9 Å². The number of hydrogen-bond acceptors (Lipinski definition) is 5. The lowest BCUT2D eigenvalue weighted by Gasteiger charge is -1.98. The van der Waals surface area contributed by atoms with Gasteiger partial charge in [0.2, 0.25) is 0 Å². The predicted molar refractivity (Wildman–Crippen MR) is 64.5 cm³/mol. The molecule has 0 radical (unpaired) electrons. The first-order valence-electron chi connectivity index (χ1n) is 5.53. The molecule has 0 aliphatic carbocycles. The summed E-state index contributed by atoms with van der Waals surface area (Å²) in [6.07, 6.45) is 0. The Hall–Kier alpha value is -2.70. The van der Waals surface area contributed by atoms with Crippen LogP contribution in [0.2, 0.25) is 0 Å². The number of carbonyl (C=O) groups excluding carboxylic acids is 2. The molecular weight excluding hydrogens is 252 g/mol. The molecular formula is C12H10N2O5. The van der Waals surface area contributed by atoms with Gasteiger partial charge in [-0.3, -0.25) is 4.79 Å². The van der Waals surface area contributed by atoms with Crippen molar-refractivity contribution in [2.24, 2.45) is 0 Å². The van der Waals surface area contributed by atoms with Gasteiger partial charge in [0.1, 0.15) is 0 Å². The summed E-state index contributed by atoms with van der Waals surface area (Å²) in [5.74, 6) is -2.04. The molecule has 19 heavy (non-hydrogen) atoms. The summed E-state index contributed by atoms with van der Waals surface area (Å²) in [5, 5.41) is 23.2. The van der Waals surface area contributed by atoms with Crippen LogP contribution in [0.5, 0.6) is 0 Å². The first-order chi connectivity index (χ1) is 9.07. The van der Waals surface area contributed by atoms with Gasteiger partial charge < -0.3 is 15.2 Å². The van der Waals surface area contributed by atoms with Gasteiger partial charge in [-0.15, -0.1) is 0 Å². The molecule has 0 saturated heterocycles. The van der Waals surface area contributed by atoms with Gasteiger partial charge in [0, 0.05) is 0 Å². The maximum atomic E-state index is 12.0. The zero-order valence-corrected chi connectivity index (χ0v) is 10.0. The zero-order valence-electron chi connectivity index (χ0n) is 10.0. The highest BCUT2D eigenvalue weighted by Gasteiger charge is 2.50. The van der Waals surface area contributed by atoms with E-state index in [0.717, 1.165) is 0 Å². The molecule has 0 saturated carbocycles. The van der Waals surface area contributed by atoms with Crippen LogP contribution in [0.25, 0.3) is 0 Å². The van der Waals surface area contributed by atoms with Gasteiger partial charge in [-0.25, -0.2) is 4.79 Å². The second-order valence-corrected chi connectivity index (χ2v) is 3.66. The van der Waals surface area contributed by atoms with Crippen molar-refractivity contribution in [3.8, 4) is 0 Å². The second-order valence-electron chi connectivity index (χ2n) is 3.66. The number of rotatable bonds is 3. The lowest BCUT2D eigenvalue weighted by atomic mass is 10.0. The molecule has 0 unspecified atom stereocenters. The lowest BCUT2D eigenvalue weighted by molar-refractivity contribution is -1.05. The van der Waals surface area contributed by atoms with Crippen LogP contribution in [0.15, 0.2) is 30.3 Å². The Labute approximate surface area is 108 Å². The Morgan fingerprint density at radius 2 is 1.84 bits per heavy atom. The van der Waals surface area contributed by atoms with E-state index in [4.69, 9.17) is 0 Å². The number of hydrazone groups is 2. The van der Waals surface area contributed by atoms with Crippen LogP contribution in [0.4, 0.5) is 0 Å². The number of benzene rings is 1. The Morgan fingerprint density at radius 1 is 1.21 bits per heavy atom. The molecule has 98 valence electrons. The third kappa shape index (κ3) is 2.05. The molecule has 2 rings (SSSR count). The second kappa shape index (κ2) is 4.89. The Balaban J connectivity index is 2.43. The van der Waals surface area contributed by atoms with Gasteiger partial charge in [0.25, 0.3) is 0 Å². The minimum Gasteiger partial charge on any atom is -0.561 e. The van der Waals surface area contributed by atoms with E-state index in [0.29, 0.717) is 0 Å². The number of hydrogen-bond donors (Lipinski definition) is 0. The Morgan fingerprint density at radius 3 is 2.42 bits per heavy atom. The lowest BCUT2D eigenvalue weighted by Crippen LogP contribution is -2.31. The molecule has 0 bridgehead atoms. The molecule has 0 N–H and O–H groups in total. The van der Waals surface area contributed by atoms with Crippen LogP contribution in [-0.2, 0) is 14.3 Å². The standard InChI is InChI=1S/C12H10N2O5/c1-2-19-12(16)10-11(15)9(13(17)14(10)18)8-6-4-3-5-7-8/h3-7H,2H2,1H3. The van der Waals surface area contributed by atoms with Crippen LogP contribution in [0.1, 0.15) is 12.5 Å². The summed E-state index contributed by atoms with van der Waals surface area (Å²) in [5.41, 5.74) is -0.947. The van der Waals surface area contributed by atoms with Crippen LogP contribution in [-0.4, -0.2) is 39.5 Å². The monoisotopic (exact) mass is 262 g/mol. The number of carbonyl (C=O) groups is 2. The highest BCUT2D eigenvalue weighted by molar-refractivity contribution is 6.80. The summed E-state index contributed by atoms with van der Waals surface area (Å²) in [6, 6.07) is 7.92. The fraction of sp³-hybridized carbons (Fsp3) is 0.167. The van der Waals surface area contributed by atoms with E-state index in [1.807, 2.05) is 0 Å². The molecule has 0 spiro atoms. The van der Waals surface area contributed by atoms with E-state index in [1.54, 1.807) is 18.2 Å². The Bertz CT molecular complexity index is 604. The topological polar surface area (TPSA) is 95.5 Å². The summed E-state index contributed by atoms with van der Waals surface area (Å²) < 4.78 is 4.58. The first kappa shape index (κ1) is 12.7. The maximum absolute atomic E-state index is 12.0. The molecule has 7 heteroatoms. The van der Waals surface area contributed by atoms with Crippen LogP contribution in [0.3, 0.4) is 0 Å². The van der Waals surface area contributed by atoms with Gasteiger partial charge in [0.05, 0.1) is 21.9 Å². The van der Waals surface area contributed by atoms with E-state index < -0.39 is 23.2 Å². The molecule has 1 heterocycles. The first-order valence-corrected chi connectivity index (χ1v) is 5.53. The minimum atomic E-state index is -1.10. The number of ketones is 1. The number of nitrogens with zero attached hydrogens (tertiary/aromatic N) is 2. The fourth-order valence-corrected chi connectivity index (χ4v) is 1.68. The SMILES string of the molecule is CCOC(=O)C1=[N+]([O-])[N+]([O-])=C(c2ccccc2)C1=O. The van der Waals surface area contributed by atoms with Gasteiger partial charge >= 0.3 is 23.2 Å². The van der Waals surface area contributed by atoms with Crippen molar-refractivity contribution < 1.29 is 24.0 Å². The quantitative estimate of drug-likeness (QED) is 0.434. The van der Waals surface area contributed by atoms with Gasteiger partial charge in [-0.05, 0) is 19.1 Å². The van der Waals surface area contributed by atoms with Gasteiger partial charge in [0.15, 0.2) is 0 Å². The van der Waals surface area contributed by atoms with Crippen LogP contribution >= 0.6 is 0 Å². The van der Waals surface area contributed by atoms with Gasteiger partial charge in [-0.2, -0.15) is 0 Å². The number of ether oxygens (including phenoxy) is 1. The average molecular weight is 262 g/mol. The Kier molecular flexibility index (Phi) is 3.28. The van der Waals surface area contributed by atoms with Crippen molar-refractivity contribution >= 4 is 23.2 Å². The normalized spacial score (nSPS) is 15.1. The molecule has 1 aromatic rings. The van der Waals surface area contributed by atoms with E-state index in [9.17, 15) is 20.0 Å². The summed E-state index contributed by atoms with van der Waals surface area (Å²) in [6.45, 7) is 1.53. The molecule has 0 aromatic heterocycles.